The van der Waals surface area contributed by atoms with E-state index in [4.69, 9.17) is 0 Å². The minimum atomic E-state index is 0.651. The monoisotopic (exact) mass is 370 g/mol. The molecule has 0 heteroatoms. The zero-order valence-corrected chi connectivity index (χ0v) is 18.0. The average Bonchev–Trinajstić information content (AvgIpc) is 2.71. The highest BCUT2D eigenvalue weighted by Gasteiger charge is 2.12. The minimum Gasteiger partial charge on any atom is -0.0984 e. The molecule has 3 rings (SSSR count). The zero-order chi connectivity index (χ0) is 20.1. The average molecular weight is 371 g/mol. The van der Waals surface area contributed by atoms with Gasteiger partial charge in [0.25, 0.3) is 0 Å². The predicted molar refractivity (Wildman–Crippen MR) is 125 cm³/mol. The lowest BCUT2D eigenvalue weighted by Crippen LogP contribution is -2.04. The third-order valence-electron chi connectivity index (χ3n) is 6.24. The molecule has 146 valence electrons. The molecular weight excluding hydrogens is 336 g/mol. The summed E-state index contributed by atoms with van der Waals surface area (Å²) in [5.41, 5.74) is 7.03. The summed E-state index contributed by atoms with van der Waals surface area (Å²) in [5.74, 6) is 1.31. The quantitative estimate of drug-likeness (QED) is 0.375. The summed E-state index contributed by atoms with van der Waals surface area (Å²) in [7, 11) is 0. The van der Waals surface area contributed by atoms with Gasteiger partial charge < -0.3 is 0 Å². The zero-order valence-electron chi connectivity index (χ0n) is 18.0. The second kappa shape index (κ2) is 9.24. The summed E-state index contributed by atoms with van der Waals surface area (Å²) in [6.07, 6.45) is 6.69. The Balaban J connectivity index is 1.72. The maximum Gasteiger partial charge on any atom is -0.0146 e. The number of aryl methyl sites for hydroxylation is 2. The van der Waals surface area contributed by atoms with E-state index in [0.29, 0.717) is 11.8 Å². The van der Waals surface area contributed by atoms with Crippen LogP contribution in [-0.2, 0) is 12.8 Å². The molecule has 0 spiro atoms. The van der Waals surface area contributed by atoms with Gasteiger partial charge >= 0.3 is 0 Å². The summed E-state index contributed by atoms with van der Waals surface area (Å²) in [6, 6.07) is 20.3. The van der Waals surface area contributed by atoms with Crippen LogP contribution in [0.2, 0.25) is 0 Å². The van der Waals surface area contributed by atoms with Crippen molar-refractivity contribution in [2.24, 2.45) is 5.92 Å². The summed E-state index contributed by atoms with van der Waals surface area (Å²) >= 11 is 0. The molecule has 28 heavy (non-hydrogen) atoms. The van der Waals surface area contributed by atoms with Crippen molar-refractivity contribution in [1.82, 2.24) is 0 Å². The van der Waals surface area contributed by atoms with Gasteiger partial charge in [-0.1, -0.05) is 88.0 Å². The molecule has 0 aliphatic carbocycles. The van der Waals surface area contributed by atoms with Crippen molar-refractivity contribution in [2.75, 3.05) is 0 Å². The Labute approximate surface area is 171 Å². The maximum atomic E-state index is 4.08. The molecule has 0 nitrogen and oxygen atoms in total. The van der Waals surface area contributed by atoms with Crippen molar-refractivity contribution in [3.8, 4) is 0 Å². The Morgan fingerprint density at radius 1 is 1.00 bits per heavy atom. The van der Waals surface area contributed by atoms with Crippen molar-refractivity contribution in [3.63, 3.8) is 0 Å². The molecule has 3 aromatic rings. The fourth-order valence-electron chi connectivity index (χ4n) is 4.26. The van der Waals surface area contributed by atoms with E-state index >= 15 is 0 Å². The molecule has 3 aromatic carbocycles. The number of benzene rings is 3. The van der Waals surface area contributed by atoms with Crippen LogP contribution in [-0.4, -0.2) is 0 Å². The van der Waals surface area contributed by atoms with Crippen LogP contribution in [0.25, 0.3) is 16.8 Å². The third kappa shape index (κ3) is 4.55. The SMILES string of the molecule is C=Cc1c(C)cc2ccccc2c1CCC(C)Cc1ccc(C(C)CC)cc1. The van der Waals surface area contributed by atoms with Gasteiger partial charge in [0.2, 0.25) is 0 Å². The Kier molecular flexibility index (Phi) is 6.73. The van der Waals surface area contributed by atoms with Crippen molar-refractivity contribution in [3.05, 3.63) is 89.0 Å². The molecule has 2 unspecified atom stereocenters. The van der Waals surface area contributed by atoms with Gasteiger partial charge in [0.15, 0.2) is 0 Å². The fourth-order valence-corrected chi connectivity index (χ4v) is 4.26. The Morgan fingerprint density at radius 3 is 2.39 bits per heavy atom. The fraction of sp³-hybridized carbons (Fsp3) is 0.357. The van der Waals surface area contributed by atoms with Gasteiger partial charge in [-0.05, 0) is 83.0 Å². The summed E-state index contributed by atoms with van der Waals surface area (Å²) < 4.78 is 0. The first kappa shape index (κ1) is 20.4. The van der Waals surface area contributed by atoms with E-state index in [-0.39, 0.29) is 0 Å². The van der Waals surface area contributed by atoms with Crippen molar-refractivity contribution < 1.29 is 0 Å². The normalized spacial score (nSPS) is 13.4. The van der Waals surface area contributed by atoms with Gasteiger partial charge in [0, 0.05) is 0 Å². The molecule has 0 bridgehead atoms. The number of hydrogen-bond acceptors (Lipinski definition) is 0. The highest BCUT2D eigenvalue weighted by molar-refractivity contribution is 5.90. The topological polar surface area (TPSA) is 0 Å². The van der Waals surface area contributed by atoms with Gasteiger partial charge in [-0.2, -0.15) is 0 Å². The van der Waals surface area contributed by atoms with Crippen molar-refractivity contribution >= 4 is 16.8 Å². The molecule has 0 saturated heterocycles. The second-order valence-corrected chi connectivity index (χ2v) is 8.41. The first-order chi connectivity index (χ1) is 13.5. The van der Waals surface area contributed by atoms with Gasteiger partial charge in [-0.3, -0.25) is 0 Å². The van der Waals surface area contributed by atoms with E-state index < -0.39 is 0 Å². The van der Waals surface area contributed by atoms with E-state index in [0.717, 1.165) is 12.8 Å². The van der Waals surface area contributed by atoms with Crippen LogP contribution in [0.3, 0.4) is 0 Å². The smallest absolute Gasteiger partial charge is 0.0146 e. The van der Waals surface area contributed by atoms with Crippen LogP contribution < -0.4 is 0 Å². The first-order valence-electron chi connectivity index (χ1n) is 10.8. The van der Waals surface area contributed by atoms with E-state index in [1.54, 1.807) is 0 Å². The maximum absolute atomic E-state index is 4.08. The number of rotatable bonds is 8. The lowest BCUT2D eigenvalue weighted by Gasteiger charge is -2.17. The molecule has 0 radical (unpaired) electrons. The molecule has 0 N–H and O–H groups in total. The van der Waals surface area contributed by atoms with E-state index in [9.17, 15) is 0 Å². The van der Waals surface area contributed by atoms with Crippen LogP contribution >= 0.6 is 0 Å². The van der Waals surface area contributed by atoms with Crippen molar-refractivity contribution in [1.29, 1.82) is 0 Å². The second-order valence-electron chi connectivity index (χ2n) is 8.41. The van der Waals surface area contributed by atoms with Crippen LogP contribution in [0.5, 0.6) is 0 Å². The Hall–Kier alpha value is -2.34. The van der Waals surface area contributed by atoms with Crippen molar-refractivity contribution in [2.45, 2.75) is 59.3 Å². The minimum absolute atomic E-state index is 0.651. The Bertz CT molecular complexity index is 930. The molecule has 0 aliphatic rings. The largest absolute Gasteiger partial charge is 0.0984 e. The number of fused-ring (bicyclic) bond motifs is 1. The van der Waals surface area contributed by atoms with Crippen LogP contribution in [0, 0.1) is 12.8 Å². The Morgan fingerprint density at radius 2 is 1.71 bits per heavy atom. The van der Waals surface area contributed by atoms with Gasteiger partial charge in [-0.15, -0.1) is 0 Å². The van der Waals surface area contributed by atoms with Crippen LogP contribution in [0.4, 0.5) is 0 Å². The number of hydrogen-bond donors (Lipinski definition) is 0. The lowest BCUT2D eigenvalue weighted by molar-refractivity contribution is 0.531. The summed E-state index contributed by atoms with van der Waals surface area (Å²) in [6.45, 7) is 13.2. The molecule has 2 atom stereocenters. The highest BCUT2D eigenvalue weighted by atomic mass is 14.2. The molecule has 0 saturated carbocycles. The standard InChI is InChI=1S/C28H34/c1-6-21(4)24-15-13-23(14-16-24)18-20(3)12-17-28-26(7-2)22(5)19-25-10-8-9-11-27(25)28/h7-11,13-16,19-21H,2,6,12,17-18H2,1,3-5H3. The summed E-state index contributed by atoms with van der Waals surface area (Å²) in [4.78, 5) is 0. The van der Waals surface area contributed by atoms with Gasteiger partial charge in [0.05, 0.1) is 0 Å². The first-order valence-corrected chi connectivity index (χ1v) is 10.8. The van der Waals surface area contributed by atoms with E-state index in [1.807, 2.05) is 6.08 Å². The predicted octanol–water partition coefficient (Wildman–Crippen LogP) is 8.12. The molecule has 0 aliphatic heterocycles. The van der Waals surface area contributed by atoms with Gasteiger partial charge in [-0.25, -0.2) is 0 Å². The molecule has 0 amide bonds. The molecule has 0 fully saturated rings. The summed E-state index contributed by atoms with van der Waals surface area (Å²) in [5, 5.41) is 2.72. The molecular formula is C28H34. The van der Waals surface area contributed by atoms with Crippen LogP contribution in [0.1, 0.15) is 67.3 Å². The van der Waals surface area contributed by atoms with Gasteiger partial charge in [0.1, 0.15) is 0 Å². The lowest BCUT2D eigenvalue weighted by atomic mass is 9.88. The molecule has 0 heterocycles. The van der Waals surface area contributed by atoms with E-state index in [1.165, 1.54) is 51.4 Å². The highest BCUT2D eigenvalue weighted by Crippen LogP contribution is 2.29. The molecule has 0 aromatic heterocycles. The van der Waals surface area contributed by atoms with E-state index in [2.05, 4.69) is 88.9 Å². The third-order valence-corrected chi connectivity index (χ3v) is 6.24. The van der Waals surface area contributed by atoms with Crippen LogP contribution in [0.15, 0.2) is 61.2 Å².